The number of aromatic amines is 1. The molecule has 106 valence electrons. The molecule has 3 rings (SSSR count). The maximum atomic E-state index is 10.3. The van der Waals surface area contributed by atoms with Crippen LogP contribution in [0.25, 0.3) is 11.1 Å². The van der Waals surface area contributed by atoms with Crippen molar-refractivity contribution in [3.63, 3.8) is 0 Å². The molecule has 1 atom stereocenters. The molecule has 4 heteroatoms. The predicted octanol–water partition coefficient (Wildman–Crippen LogP) is 2.62. The van der Waals surface area contributed by atoms with Gasteiger partial charge in [0.1, 0.15) is 0 Å². The predicted molar refractivity (Wildman–Crippen MR) is 81.7 cm³/mol. The van der Waals surface area contributed by atoms with Gasteiger partial charge >= 0.3 is 0 Å². The van der Waals surface area contributed by atoms with Crippen molar-refractivity contribution in [1.29, 1.82) is 0 Å². The van der Waals surface area contributed by atoms with Crippen molar-refractivity contribution < 1.29 is 5.11 Å². The lowest BCUT2D eigenvalue weighted by Crippen LogP contribution is -2.14. The van der Waals surface area contributed by atoms with Gasteiger partial charge in [-0.1, -0.05) is 30.3 Å². The molecule has 0 saturated heterocycles. The number of hydrogen-bond acceptors (Lipinski definition) is 3. The van der Waals surface area contributed by atoms with Gasteiger partial charge < -0.3 is 5.11 Å². The molecule has 2 heterocycles. The highest BCUT2D eigenvalue weighted by Crippen LogP contribution is 2.22. The van der Waals surface area contributed by atoms with E-state index in [9.17, 15) is 5.11 Å². The summed E-state index contributed by atoms with van der Waals surface area (Å²) in [5.74, 6) is 0. The highest BCUT2D eigenvalue weighted by Gasteiger charge is 2.13. The Balaban J connectivity index is 1.73. The zero-order valence-corrected chi connectivity index (χ0v) is 11.6. The van der Waals surface area contributed by atoms with Crippen LogP contribution in [0.15, 0.2) is 61.1 Å². The summed E-state index contributed by atoms with van der Waals surface area (Å²) in [7, 11) is 0. The van der Waals surface area contributed by atoms with Gasteiger partial charge in [-0.15, -0.1) is 0 Å². The van der Waals surface area contributed by atoms with Gasteiger partial charge in [0.2, 0.25) is 0 Å². The van der Waals surface area contributed by atoms with Crippen LogP contribution in [0.1, 0.15) is 11.3 Å². The fourth-order valence-corrected chi connectivity index (χ4v) is 2.44. The van der Waals surface area contributed by atoms with E-state index in [4.69, 9.17) is 0 Å². The molecule has 0 saturated carbocycles. The number of benzene rings is 1. The lowest BCUT2D eigenvalue weighted by atomic mass is 10.0. The number of nitrogens with one attached hydrogen (secondary N) is 1. The minimum atomic E-state index is -0.437. The SMILES string of the molecule is OC(Cc1ccccc1)Cc1[nH]ncc1-c1ccncc1. The van der Waals surface area contributed by atoms with Crippen LogP contribution in [0.4, 0.5) is 0 Å². The summed E-state index contributed by atoms with van der Waals surface area (Å²) in [6, 6.07) is 13.9. The van der Waals surface area contributed by atoms with Gasteiger partial charge in [0, 0.05) is 30.1 Å². The van der Waals surface area contributed by atoms with Crippen LogP contribution in [0.2, 0.25) is 0 Å². The molecular formula is C17H17N3O. The molecule has 0 amide bonds. The molecule has 0 bridgehead atoms. The Hall–Kier alpha value is -2.46. The van der Waals surface area contributed by atoms with E-state index >= 15 is 0 Å². The topological polar surface area (TPSA) is 61.8 Å². The van der Waals surface area contributed by atoms with Crippen molar-refractivity contribution in [3.8, 4) is 11.1 Å². The Morgan fingerprint density at radius 3 is 2.52 bits per heavy atom. The molecule has 1 aromatic carbocycles. The maximum Gasteiger partial charge on any atom is 0.0635 e. The molecule has 0 aliphatic carbocycles. The van der Waals surface area contributed by atoms with Crippen LogP contribution in [0, 0.1) is 0 Å². The van der Waals surface area contributed by atoms with Crippen LogP contribution in [0.5, 0.6) is 0 Å². The first-order valence-electron chi connectivity index (χ1n) is 6.97. The number of aliphatic hydroxyl groups is 1. The molecule has 0 spiro atoms. The smallest absolute Gasteiger partial charge is 0.0635 e. The molecular weight excluding hydrogens is 262 g/mol. The average molecular weight is 279 g/mol. The van der Waals surface area contributed by atoms with Crippen molar-refractivity contribution in [2.24, 2.45) is 0 Å². The van der Waals surface area contributed by atoms with Crippen molar-refractivity contribution in [1.82, 2.24) is 15.2 Å². The molecule has 4 nitrogen and oxygen atoms in total. The Morgan fingerprint density at radius 2 is 1.76 bits per heavy atom. The molecule has 21 heavy (non-hydrogen) atoms. The second kappa shape index (κ2) is 6.33. The third-order valence-electron chi connectivity index (χ3n) is 3.46. The second-order valence-electron chi connectivity index (χ2n) is 5.05. The van der Waals surface area contributed by atoms with E-state index in [2.05, 4.69) is 15.2 Å². The van der Waals surface area contributed by atoms with Gasteiger partial charge in [0.25, 0.3) is 0 Å². The van der Waals surface area contributed by atoms with Crippen molar-refractivity contribution >= 4 is 0 Å². The standard InChI is InChI=1S/C17H17N3O/c21-15(10-13-4-2-1-3-5-13)11-17-16(12-19-20-17)14-6-8-18-9-7-14/h1-9,12,15,21H,10-11H2,(H,19,20). The number of aliphatic hydroxyl groups excluding tert-OH is 1. The van der Waals surface area contributed by atoms with Crippen LogP contribution >= 0.6 is 0 Å². The lowest BCUT2D eigenvalue weighted by Gasteiger charge is -2.11. The largest absolute Gasteiger partial charge is 0.392 e. The lowest BCUT2D eigenvalue weighted by molar-refractivity contribution is 0.174. The molecule has 2 N–H and O–H groups in total. The monoisotopic (exact) mass is 279 g/mol. The van der Waals surface area contributed by atoms with E-state index in [1.807, 2.05) is 42.5 Å². The second-order valence-corrected chi connectivity index (χ2v) is 5.05. The molecule has 0 radical (unpaired) electrons. The first-order chi connectivity index (χ1) is 10.3. The highest BCUT2D eigenvalue weighted by molar-refractivity contribution is 5.64. The fourth-order valence-electron chi connectivity index (χ4n) is 2.44. The van der Waals surface area contributed by atoms with Crippen molar-refractivity contribution in [3.05, 3.63) is 72.3 Å². The quantitative estimate of drug-likeness (QED) is 0.754. The zero-order valence-electron chi connectivity index (χ0n) is 11.6. The average Bonchev–Trinajstić information content (AvgIpc) is 2.97. The van der Waals surface area contributed by atoms with Crippen molar-refractivity contribution in [2.75, 3.05) is 0 Å². The normalized spacial score (nSPS) is 12.2. The summed E-state index contributed by atoms with van der Waals surface area (Å²) in [5, 5.41) is 17.4. The van der Waals surface area contributed by atoms with Gasteiger partial charge in [-0.05, 0) is 29.7 Å². The van der Waals surface area contributed by atoms with Gasteiger partial charge in [-0.25, -0.2) is 0 Å². The molecule has 3 aromatic rings. The summed E-state index contributed by atoms with van der Waals surface area (Å²) in [6.07, 6.45) is 6.05. The van der Waals surface area contributed by atoms with E-state index in [-0.39, 0.29) is 0 Å². The van der Waals surface area contributed by atoms with Gasteiger partial charge in [0.15, 0.2) is 0 Å². The molecule has 0 aliphatic heterocycles. The third-order valence-corrected chi connectivity index (χ3v) is 3.46. The highest BCUT2D eigenvalue weighted by atomic mass is 16.3. The number of nitrogens with zero attached hydrogens (tertiary/aromatic N) is 2. The minimum Gasteiger partial charge on any atom is -0.392 e. The Kier molecular flexibility index (Phi) is 4.07. The number of H-pyrrole nitrogens is 1. The molecule has 1 unspecified atom stereocenters. The summed E-state index contributed by atoms with van der Waals surface area (Å²) in [4.78, 5) is 4.02. The van der Waals surface area contributed by atoms with E-state index in [0.717, 1.165) is 22.4 Å². The first-order valence-corrected chi connectivity index (χ1v) is 6.97. The van der Waals surface area contributed by atoms with Crippen LogP contribution in [-0.4, -0.2) is 26.4 Å². The van der Waals surface area contributed by atoms with E-state index in [1.54, 1.807) is 18.6 Å². The maximum absolute atomic E-state index is 10.3. The zero-order chi connectivity index (χ0) is 14.5. The third kappa shape index (κ3) is 3.35. The van der Waals surface area contributed by atoms with Gasteiger partial charge in [0.05, 0.1) is 12.3 Å². The van der Waals surface area contributed by atoms with Gasteiger partial charge in [-0.3, -0.25) is 10.1 Å². The van der Waals surface area contributed by atoms with Crippen LogP contribution in [-0.2, 0) is 12.8 Å². The number of rotatable bonds is 5. The number of pyridine rings is 1. The Bertz CT molecular complexity index is 680. The summed E-state index contributed by atoms with van der Waals surface area (Å²) >= 11 is 0. The van der Waals surface area contributed by atoms with Crippen LogP contribution in [0.3, 0.4) is 0 Å². The fraction of sp³-hybridized carbons (Fsp3) is 0.176. The minimum absolute atomic E-state index is 0.437. The van der Waals surface area contributed by atoms with Crippen LogP contribution < -0.4 is 0 Å². The van der Waals surface area contributed by atoms with Gasteiger partial charge in [-0.2, -0.15) is 5.10 Å². The number of hydrogen-bond donors (Lipinski definition) is 2. The molecule has 0 aliphatic rings. The van der Waals surface area contributed by atoms with E-state index in [1.165, 1.54) is 0 Å². The van der Waals surface area contributed by atoms with E-state index < -0.39 is 6.10 Å². The van der Waals surface area contributed by atoms with E-state index in [0.29, 0.717) is 12.8 Å². The molecule has 2 aromatic heterocycles. The Morgan fingerprint density at radius 1 is 1.00 bits per heavy atom. The Labute approximate surface area is 123 Å². The van der Waals surface area contributed by atoms with Crippen molar-refractivity contribution in [2.45, 2.75) is 18.9 Å². The summed E-state index contributed by atoms with van der Waals surface area (Å²) in [6.45, 7) is 0. The first kappa shape index (κ1) is 13.5. The summed E-state index contributed by atoms with van der Waals surface area (Å²) < 4.78 is 0. The number of aromatic nitrogens is 3. The summed E-state index contributed by atoms with van der Waals surface area (Å²) in [5.41, 5.74) is 4.16. The molecule has 0 fully saturated rings.